The number of fused-ring (bicyclic) bond motifs is 3. The van der Waals surface area contributed by atoms with Crippen molar-refractivity contribution in [3.8, 4) is 5.75 Å². The van der Waals surface area contributed by atoms with E-state index in [1.807, 2.05) is 18.2 Å². The lowest BCUT2D eigenvalue weighted by atomic mass is 10.2. The first-order valence-corrected chi connectivity index (χ1v) is 5.50. The predicted molar refractivity (Wildman–Crippen MR) is 68.3 cm³/mol. The highest BCUT2D eigenvalue weighted by Crippen LogP contribution is 2.30. The van der Waals surface area contributed by atoms with Gasteiger partial charge in [-0.2, -0.15) is 0 Å². The number of rotatable bonds is 2. The number of aromatic amines is 1. The zero-order chi connectivity index (χ0) is 12.9. The van der Waals surface area contributed by atoms with Crippen molar-refractivity contribution in [2.75, 3.05) is 7.11 Å². The maximum Gasteiger partial charge on any atom is 0.352 e. The Morgan fingerprint density at radius 2 is 2.11 bits per heavy atom. The molecule has 0 aliphatic carbocycles. The van der Waals surface area contributed by atoms with Gasteiger partial charge < -0.3 is 19.4 Å². The van der Waals surface area contributed by atoms with Crippen molar-refractivity contribution in [3.63, 3.8) is 0 Å². The van der Waals surface area contributed by atoms with Gasteiger partial charge in [-0.1, -0.05) is 0 Å². The molecule has 0 spiro atoms. The SMILES string of the molecule is COc1ccc2c(c1)[nH]c1cc(C(=O)O)n(C)c12. The summed E-state index contributed by atoms with van der Waals surface area (Å²) in [5, 5.41) is 10.1. The van der Waals surface area contributed by atoms with Crippen molar-refractivity contribution >= 4 is 27.9 Å². The Bertz CT molecular complexity index is 767. The monoisotopic (exact) mass is 244 g/mol. The number of benzene rings is 1. The van der Waals surface area contributed by atoms with Crippen molar-refractivity contribution in [2.45, 2.75) is 0 Å². The number of ether oxygens (including phenoxy) is 1. The molecule has 0 saturated heterocycles. The van der Waals surface area contributed by atoms with Gasteiger partial charge in [0.1, 0.15) is 11.4 Å². The molecule has 1 aromatic carbocycles. The number of hydrogen-bond donors (Lipinski definition) is 2. The average Bonchev–Trinajstić information content (AvgIpc) is 2.85. The summed E-state index contributed by atoms with van der Waals surface area (Å²) in [6.07, 6.45) is 0. The smallest absolute Gasteiger partial charge is 0.352 e. The second kappa shape index (κ2) is 3.53. The summed E-state index contributed by atoms with van der Waals surface area (Å²) in [7, 11) is 3.37. The summed E-state index contributed by atoms with van der Waals surface area (Å²) < 4.78 is 6.85. The van der Waals surface area contributed by atoms with Crippen LogP contribution in [0, 0.1) is 0 Å². The summed E-state index contributed by atoms with van der Waals surface area (Å²) in [5.74, 6) is -0.156. The number of methoxy groups -OCH3 is 1. The van der Waals surface area contributed by atoms with Gasteiger partial charge in [-0.15, -0.1) is 0 Å². The first-order valence-electron chi connectivity index (χ1n) is 5.50. The quantitative estimate of drug-likeness (QED) is 0.727. The number of carbonyl (C=O) groups is 1. The van der Waals surface area contributed by atoms with Gasteiger partial charge in [-0.25, -0.2) is 4.79 Å². The highest BCUT2D eigenvalue weighted by atomic mass is 16.5. The second-order valence-corrected chi connectivity index (χ2v) is 4.19. The number of hydrogen-bond acceptors (Lipinski definition) is 2. The van der Waals surface area contributed by atoms with Crippen LogP contribution < -0.4 is 4.74 Å². The van der Waals surface area contributed by atoms with E-state index in [-0.39, 0.29) is 5.69 Å². The van der Waals surface area contributed by atoms with Crippen LogP contribution in [0.4, 0.5) is 0 Å². The van der Waals surface area contributed by atoms with Crippen LogP contribution in [0.2, 0.25) is 0 Å². The van der Waals surface area contributed by atoms with Crippen molar-refractivity contribution in [1.82, 2.24) is 9.55 Å². The number of carboxylic acid groups (broad SMARTS) is 1. The Morgan fingerprint density at radius 3 is 2.78 bits per heavy atom. The first kappa shape index (κ1) is 10.7. The van der Waals surface area contributed by atoms with Gasteiger partial charge in [0.25, 0.3) is 0 Å². The number of nitrogens with zero attached hydrogens (tertiary/aromatic N) is 1. The average molecular weight is 244 g/mol. The number of nitrogens with one attached hydrogen (secondary N) is 1. The third kappa shape index (κ3) is 1.30. The molecule has 0 atom stereocenters. The maximum absolute atomic E-state index is 11.1. The molecular weight excluding hydrogens is 232 g/mol. The summed E-state index contributed by atoms with van der Waals surface area (Å²) in [6, 6.07) is 7.33. The molecule has 3 aromatic rings. The molecule has 2 aromatic heterocycles. The molecule has 0 aliphatic rings. The maximum atomic E-state index is 11.1. The van der Waals surface area contributed by atoms with Gasteiger partial charge in [0.15, 0.2) is 0 Å². The molecule has 0 fully saturated rings. The molecule has 0 saturated carbocycles. The Hall–Kier alpha value is -2.43. The lowest BCUT2D eigenvalue weighted by Gasteiger charge is -2.01. The van der Waals surface area contributed by atoms with E-state index in [9.17, 15) is 4.79 Å². The fourth-order valence-electron chi connectivity index (χ4n) is 2.33. The molecule has 5 heteroatoms. The molecule has 2 heterocycles. The van der Waals surface area contributed by atoms with Gasteiger partial charge >= 0.3 is 5.97 Å². The minimum atomic E-state index is -0.927. The molecule has 0 unspecified atom stereocenters. The molecule has 92 valence electrons. The van der Waals surface area contributed by atoms with E-state index in [0.717, 1.165) is 27.7 Å². The summed E-state index contributed by atoms with van der Waals surface area (Å²) in [4.78, 5) is 14.3. The second-order valence-electron chi connectivity index (χ2n) is 4.19. The van der Waals surface area contributed by atoms with Gasteiger partial charge in [-0.3, -0.25) is 0 Å². The zero-order valence-corrected chi connectivity index (χ0v) is 10.0. The predicted octanol–water partition coefficient (Wildman–Crippen LogP) is 2.37. The van der Waals surface area contributed by atoms with Crippen LogP contribution in [0.15, 0.2) is 24.3 Å². The van der Waals surface area contributed by atoms with Crippen LogP contribution in [0.5, 0.6) is 5.75 Å². The zero-order valence-electron chi connectivity index (χ0n) is 10.0. The van der Waals surface area contributed by atoms with Crippen LogP contribution >= 0.6 is 0 Å². The van der Waals surface area contributed by atoms with Crippen molar-refractivity contribution in [2.24, 2.45) is 7.05 Å². The van der Waals surface area contributed by atoms with E-state index in [4.69, 9.17) is 9.84 Å². The largest absolute Gasteiger partial charge is 0.497 e. The molecule has 18 heavy (non-hydrogen) atoms. The number of carboxylic acids is 1. The third-order valence-electron chi connectivity index (χ3n) is 3.20. The van der Waals surface area contributed by atoms with E-state index >= 15 is 0 Å². The molecule has 3 rings (SSSR count). The lowest BCUT2D eigenvalue weighted by Crippen LogP contribution is -2.03. The topological polar surface area (TPSA) is 67.2 Å². The van der Waals surface area contributed by atoms with Crippen molar-refractivity contribution in [1.29, 1.82) is 0 Å². The van der Waals surface area contributed by atoms with Crippen LogP contribution in [-0.2, 0) is 7.05 Å². The first-order chi connectivity index (χ1) is 8.61. The highest BCUT2D eigenvalue weighted by Gasteiger charge is 2.16. The van der Waals surface area contributed by atoms with Gasteiger partial charge in [-0.05, 0) is 18.2 Å². The normalized spacial score (nSPS) is 11.2. The molecule has 0 bridgehead atoms. The summed E-state index contributed by atoms with van der Waals surface area (Å²) in [5.41, 5.74) is 2.92. The van der Waals surface area contributed by atoms with E-state index in [1.165, 1.54) is 0 Å². The molecule has 0 aliphatic heterocycles. The lowest BCUT2D eigenvalue weighted by molar-refractivity contribution is 0.0687. The minimum Gasteiger partial charge on any atom is -0.497 e. The number of aryl methyl sites for hydroxylation is 1. The highest BCUT2D eigenvalue weighted by molar-refractivity contribution is 6.08. The van der Waals surface area contributed by atoms with Crippen LogP contribution in [0.1, 0.15) is 10.5 Å². The molecule has 2 N–H and O–H groups in total. The van der Waals surface area contributed by atoms with Crippen molar-refractivity contribution in [3.05, 3.63) is 30.0 Å². The Kier molecular flexibility index (Phi) is 2.10. The van der Waals surface area contributed by atoms with Gasteiger partial charge in [0.05, 0.1) is 23.7 Å². The fraction of sp³-hybridized carbons (Fsp3) is 0.154. The van der Waals surface area contributed by atoms with Crippen LogP contribution in [-0.4, -0.2) is 27.7 Å². The number of aromatic nitrogens is 2. The third-order valence-corrected chi connectivity index (χ3v) is 3.20. The Balaban J connectivity index is 2.37. The minimum absolute atomic E-state index is 0.272. The van der Waals surface area contributed by atoms with Crippen LogP contribution in [0.25, 0.3) is 21.9 Å². The van der Waals surface area contributed by atoms with E-state index in [0.29, 0.717) is 0 Å². The molecule has 5 nitrogen and oxygen atoms in total. The summed E-state index contributed by atoms with van der Waals surface area (Å²) >= 11 is 0. The number of aromatic carboxylic acids is 1. The van der Waals surface area contributed by atoms with Crippen LogP contribution in [0.3, 0.4) is 0 Å². The fourth-order valence-corrected chi connectivity index (χ4v) is 2.33. The Morgan fingerprint density at radius 1 is 1.33 bits per heavy atom. The number of H-pyrrole nitrogens is 1. The molecule has 0 radical (unpaired) electrons. The Labute approximate surface area is 103 Å². The molecular formula is C13H12N2O3. The summed E-state index contributed by atoms with van der Waals surface area (Å²) in [6.45, 7) is 0. The standard InChI is InChI=1S/C13H12N2O3/c1-15-11(13(16)17)6-10-12(15)8-4-3-7(18-2)5-9(8)14-10/h3-6,14H,1-2H3,(H,16,17). The van der Waals surface area contributed by atoms with Gasteiger partial charge in [0, 0.05) is 18.5 Å². The van der Waals surface area contributed by atoms with Gasteiger partial charge in [0.2, 0.25) is 0 Å². The van der Waals surface area contributed by atoms with E-state index < -0.39 is 5.97 Å². The van der Waals surface area contributed by atoms with E-state index in [1.54, 1.807) is 24.8 Å². The molecule has 0 amide bonds. The van der Waals surface area contributed by atoms with Crippen molar-refractivity contribution < 1.29 is 14.6 Å². The van der Waals surface area contributed by atoms with E-state index in [2.05, 4.69) is 4.98 Å².